The van der Waals surface area contributed by atoms with Crippen molar-refractivity contribution in [2.45, 2.75) is 0 Å². The second-order valence-corrected chi connectivity index (χ2v) is 28.1. The summed E-state index contributed by atoms with van der Waals surface area (Å²) in [5.74, 6) is 1.65. The molecule has 0 fully saturated rings. The molecule has 0 spiro atoms. The van der Waals surface area contributed by atoms with Crippen molar-refractivity contribution in [3.8, 4) is 33.8 Å². The van der Waals surface area contributed by atoms with Gasteiger partial charge in [0.05, 0.1) is 0 Å². The van der Waals surface area contributed by atoms with Crippen molar-refractivity contribution in [1.82, 2.24) is 0 Å². The fraction of sp³-hybridized carbons (Fsp3) is 0. The van der Waals surface area contributed by atoms with Gasteiger partial charge in [-0.1, -0.05) is 97.1 Å². The zero-order valence-corrected chi connectivity index (χ0v) is 55.5. The molecule has 5 heterocycles. The van der Waals surface area contributed by atoms with Gasteiger partial charge in [-0.25, -0.2) is 0 Å². The quantitative estimate of drug-likeness (QED) is 0.120. The first-order valence-corrected chi connectivity index (χ1v) is 35.7. The minimum Gasteiger partial charge on any atom is -0.0616 e. The van der Waals surface area contributed by atoms with Crippen LogP contribution < -0.4 is 62.0 Å². The van der Waals surface area contributed by atoms with Crippen LogP contribution in [-0.2, 0) is 0 Å². The normalized spacial score (nSPS) is 12.8. The number of ether oxygens (including phenoxy) is 1. The van der Waals surface area contributed by atoms with Crippen LogP contribution in [0.5, 0.6) is 11.5 Å². The van der Waals surface area contributed by atoms with Crippen molar-refractivity contribution in [3.05, 3.63) is 358 Å². The summed E-state index contributed by atoms with van der Waals surface area (Å²) in [6.45, 7) is -0.444. The van der Waals surface area contributed by atoms with Crippen molar-refractivity contribution in [1.29, 1.82) is 0 Å². The topological polar surface area (TPSA) is 25.4 Å². The van der Waals surface area contributed by atoms with Crippen molar-refractivity contribution >= 4 is 165 Å². The molecule has 0 unspecified atom stereocenters. The average Bonchev–Trinajstić information content (AvgIpc) is 0.952. The molecule has 0 N–H and O–H groups in total. The number of anilines is 15. The van der Waals surface area contributed by atoms with Gasteiger partial charge in [-0.3, -0.25) is 0 Å². The molecule has 0 amide bonds. The molecular weight excluding hydrogens is 1270 g/mol. The summed E-state index contributed by atoms with van der Waals surface area (Å²) in [5.41, 5.74) is 27.9. The number of hydrogen-bond donors (Lipinski definition) is 0. The van der Waals surface area contributed by atoms with E-state index in [1.54, 1.807) is 0 Å². The third-order valence-electron chi connectivity index (χ3n) is 20.4. The van der Waals surface area contributed by atoms with Gasteiger partial charge < -0.3 is 0 Å². The second-order valence-electron chi connectivity index (χ2n) is 25.8. The number of fused-ring (bicyclic) bond motifs is 11. The summed E-state index contributed by atoms with van der Waals surface area (Å²) in [6, 6.07) is 132. The van der Waals surface area contributed by atoms with Crippen molar-refractivity contribution < 1.29 is 4.74 Å². The first-order chi connectivity index (χ1) is 49.2. The molecule has 0 saturated heterocycles. The molecule has 462 valence electrons. The third-order valence-corrected chi connectivity index (χ3v) is 22.8. The Morgan fingerprint density at radius 1 is 0.273 bits per heavy atom. The summed E-state index contributed by atoms with van der Waals surface area (Å²) in [7, 11) is 0. The Hall–Kier alpha value is -12.3. The Bertz CT molecular complexity index is 5800. The van der Waals surface area contributed by atoms with E-state index in [2.05, 4.69) is 382 Å². The van der Waals surface area contributed by atoms with Gasteiger partial charge in [0.1, 0.15) is 0 Å². The van der Waals surface area contributed by atoms with Crippen LogP contribution in [-0.4, -0.2) is 27.9 Å². The minimum atomic E-state index is -0.236. The Kier molecular flexibility index (Phi) is 13.4. The summed E-state index contributed by atoms with van der Waals surface area (Å²) in [6.07, 6.45) is 0. The fourth-order valence-electron chi connectivity index (χ4n) is 16.4. The van der Waals surface area contributed by atoms with Gasteiger partial charge in [0.2, 0.25) is 0 Å². The van der Waals surface area contributed by atoms with Gasteiger partial charge >= 0.3 is 436 Å². The summed E-state index contributed by atoms with van der Waals surface area (Å²) < 4.78 is 10.7. The zero-order valence-electron chi connectivity index (χ0n) is 53.8. The molecule has 0 bridgehead atoms. The third kappa shape index (κ3) is 9.12. The van der Waals surface area contributed by atoms with E-state index in [0.717, 1.165) is 130 Å². The predicted molar refractivity (Wildman–Crippen MR) is 419 cm³/mol. The molecule has 0 saturated carbocycles. The van der Waals surface area contributed by atoms with Crippen LogP contribution in [0, 0.1) is 0 Å². The zero-order chi connectivity index (χ0) is 65.1. The smallest absolute Gasteiger partial charge is 0.0616 e. The van der Waals surface area contributed by atoms with E-state index < -0.39 is 0 Å². The summed E-state index contributed by atoms with van der Waals surface area (Å²) in [5, 5.41) is 2.56. The monoisotopic (exact) mass is 1330 g/mol. The van der Waals surface area contributed by atoms with Crippen molar-refractivity contribution in [3.63, 3.8) is 0 Å². The van der Waals surface area contributed by atoms with E-state index in [9.17, 15) is 0 Å². The number of nitrogens with zero attached hydrogens (tertiary/aromatic N) is 5. The van der Waals surface area contributed by atoms with E-state index in [1.165, 1.54) is 41.1 Å². The molecule has 1 aromatic heterocycles. The molecule has 9 heteroatoms. The van der Waals surface area contributed by atoms with Crippen LogP contribution in [0.3, 0.4) is 0 Å². The van der Waals surface area contributed by atoms with Crippen LogP contribution in [0.15, 0.2) is 358 Å². The van der Waals surface area contributed by atoms with E-state index >= 15 is 0 Å². The van der Waals surface area contributed by atoms with Gasteiger partial charge in [0.15, 0.2) is 0 Å². The van der Waals surface area contributed by atoms with Crippen LogP contribution in [0.25, 0.3) is 41.5 Å². The minimum absolute atomic E-state index is 0.0833. The van der Waals surface area contributed by atoms with Crippen molar-refractivity contribution in [2.24, 2.45) is 0 Å². The molecule has 6 nitrogen and oxygen atoms in total. The maximum absolute atomic E-state index is 7.92. The second kappa shape index (κ2) is 23.3. The first kappa shape index (κ1) is 57.0. The van der Waals surface area contributed by atoms with Gasteiger partial charge in [-0.15, -0.1) is 0 Å². The number of benzene rings is 15. The summed E-state index contributed by atoms with van der Waals surface area (Å²) >= 11 is 0.0833. The predicted octanol–water partition coefficient (Wildman–Crippen LogP) is 19.8. The van der Waals surface area contributed by atoms with Gasteiger partial charge in [-0.05, 0) is 36.4 Å². The standard InChI is InChI=1S/C90H59B2N5OSe/c1-7-30-60(31-8-1)68-42-19-24-47-75(68)94(64-38-15-5-16-39-64)66-54-81-89-82(55-66)97(79-51-29-53-87-88(79)70-44-21-28-52-86(70)99-87)80-59-84-74(58-73(80)91(89)72-46-23-27-50-78(72)96(81)76-48-25-20-43-69(76)61-32-9-2-10-33-61)92-71-45-22-26-49-77(71)95(65-40-17-6-18-41-65)83-56-67(57-85(98-84)90(83)92)93(62-34-11-3-12-35-62)63-36-13-4-14-37-63/h1-59H. The van der Waals surface area contributed by atoms with Crippen LogP contribution >= 0.6 is 0 Å². The first-order valence-electron chi connectivity index (χ1n) is 34.0. The Morgan fingerprint density at radius 2 is 0.737 bits per heavy atom. The molecule has 0 atom stereocenters. The molecule has 20 rings (SSSR count). The Labute approximate surface area is 582 Å². The maximum atomic E-state index is 7.92. The molecule has 0 radical (unpaired) electrons. The van der Waals surface area contributed by atoms with E-state index in [4.69, 9.17) is 4.74 Å². The molecule has 15 aromatic carbocycles. The number of rotatable bonds is 11. The molecule has 99 heavy (non-hydrogen) atoms. The van der Waals surface area contributed by atoms with E-state index in [0.29, 0.717) is 0 Å². The number of para-hydroxylation sites is 8. The van der Waals surface area contributed by atoms with Gasteiger partial charge in [0.25, 0.3) is 0 Å². The van der Waals surface area contributed by atoms with E-state index in [-0.39, 0.29) is 27.9 Å². The average molecular weight is 1330 g/mol. The molecule has 0 aliphatic carbocycles. The molecular formula is C90H59B2N5OSe. The molecule has 4 aliphatic heterocycles. The van der Waals surface area contributed by atoms with Gasteiger partial charge in [0, 0.05) is 17.1 Å². The number of hydrogen-bond acceptors (Lipinski definition) is 6. The Morgan fingerprint density at radius 3 is 1.39 bits per heavy atom. The SMILES string of the molecule is c1ccc(-c2ccccc2N(c2ccccc2)c2cc3c4c(c2)N(c2cccc5[se]c6ccccc6c25)c2cc5c(cc2B4c2ccccc2N3c2ccccc2-c2ccccc2)B2c3ccccc3N(c3ccccc3)c3cc(N(c4ccccc4)c4ccccc4)cc(c32)O5)cc1. The van der Waals surface area contributed by atoms with Crippen LogP contribution in [0.4, 0.5) is 85.3 Å². The summed E-state index contributed by atoms with van der Waals surface area (Å²) in [4.78, 5) is 12.6. The Balaban J connectivity index is 0.907. The van der Waals surface area contributed by atoms with Crippen LogP contribution in [0.1, 0.15) is 0 Å². The molecule has 4 aliphatic rings. The fourth-order valence-corrected chi connectivity index (χ4v) is 18.7. The van der Waals surface area contributed by atoms with Crippen molar-refractivity contribution in [2.75, 3.05) is 24.5 Å². The van der Waals surface area contributed by atoms with E-state index in [1.807, 2.05) is 0 Å². The van der Waals surface area contributed by atoms with Crippen LogP contribution in [0.2, 0.25) is 0 Å². The molecule has 16 aromatic rings. The van der Waals surface area contributed by atoms with Gasteiger partial charge in [-0.2, -0.15) is 0 Å².